The van der Waals surface area contributed by atoms with Crippen LogP contribution in [-0.2, 0) is 32.6 Å². The van der Waals surface area contributed by atoms with E-state index in [9.17, 15) is 18.0 Å². The highest BCUT2D eigenvalue weighted by molar-refractivity contribution is 7.92. The summed E-state index contributed by atoms with van der Waals surface area (Å²) >= 11 is 6.41. The molecule has 218 valence electrons. The number of hydrogen-bond donors (Lipinski definition) is 1. The Morgan fingerprint density at radius 2 is 1.48 bits per heavy atom. The molecule has 0 saturated heterocycles. The van der Waals surface area contributed by atoms with Crippen LogP contribution in [0.25, 0.3) is 0 Å². The van der Waals surface area contributed by atoms with Gasteiger partial charge in [0.05, 0.1) is 10.6 Å². The van der Waals surface area contributed by atoms with Crippen molar-refractivity contribution in [3.8, 4) is 0 Å². The lowest BCUT2D eigenvalue weighted by atomic mass is 10.0. The molecule has 4 rings (SSSR count). The molecule has 9 heteroatoms. The van der Waals surface area contributed by atoms with Crippen molar-refractivity contribution in [2.45, 2.75) is 37.8 Å². The molecular formula is C33H34ClN3O4S. The summed E-state index contributed by atoms with van der Waals surface area (Å²) in [6.45, 7) is 3.34. The number of sulfonamides is 1. The zero-order valence-corrected chi connectivity index (χ0v) is 25.4. The van der Waals surface area contributed by atoms with E-state index in [0.29, 0.717) is 5.02 Å². The first-order chi connectivity index (χ1) is 20.1. The van der Waals surface area contributed by atoms with Crippen LogP contribution >= 0.6 is 11.6 Å². The van der Waals surface area contributed by atoms with E-state index in [2.05, 4.69) is 5.32 Å². The molecule has 0 radical (unpaired) electrons. The highest BCUT2D eigenvalue weighted by atomic mass is 35.5. The van der Waals surface area contributed by atoms with Crippen LogP contribution < -0.4 is 9.62 Å². The Kier molecular flexibility index (Phi) is 10.0. The number of carbonyl (C=O) groups excluding carboxylic acids is 2. The number of rotatable bonds is 11. The molecule has 0 aromatic heterocycles. The number of halogens is 1. The van der Waals surface area contributed by atoms with Crippen molar-refractivity contribution < 1.29 is 18.0 Å². The summed E-state index contributed by atoms with van der Waals surface area (Å²) in [5, 5.41) is 3.06. The summed E-state index contributed by atoms with van der Waals surface area (Å²) in [6, 6.07) is 29.0. The number of nitrogens with zero attached hydrogens (tertiary/aromatic N) is 2. The van der Waals surface area contributed by atoms with Gasteiger partial charge in [0.1, 0.15) is 12.6 Å². The quantitative estimate of drug-likeness (QED) is 0.244. The van der Waals surface area contributed by atoms with E-state index in [1.807, 2.05) is 68.4 Å². The Morgan fingerprint density at radius 1 is 0.833 bits per heavy atom. The molecule has 0 unspecified atom stereocenters. The first-order valence-electron chi connectivity index (χ1n) is 13.5. The molecule has 1 N–H and O–H groups in total. The van der Waals surface area contributed by atoms with Crippen LogP contribution in [0.4, 0.5) is 5.69 Å². The fourth-order valence-corrected chi connectivity index (χ4v) is 6.31. The maximum Gasteiger partial charge on any atom is 0.264 e. The summed E-state index contributed by atoms with van der Waals surface area (Å²) in [7, 11) is -2.65. The van der Waals surface area contributed by atoms with Gasteiger partial charge in [0, 0.05) is 25.0 Å². The van der Waals surface area contributed by atoms with Gasteiger partial charge in [-0.3, -0.25) is 13.9 Å². The molecule has 0 spiro atoms. The largest absolute Gasteiger partial charge is 0.357 e. The number of carbonyl (C=O) groups is 2. The van der Waals surface area contributed by atoms with Crippen LogP contribution in [0.1, 0.15) is 22.3 Å². The molecule has 4 aromatic carbocycles. The lowest BCUT2D eigenvalue weighted by Gasteiger charge is -2.33. The zero-order valence-electron chi connectivity index (χ0n) is 23.8. The fourth-order valence-electron chi connectivity index (χ4n) is 4.71. The topological polar surface area (TPSA) is 86.8 Å². The van der Waals surface area contributed by atoms with Gasteiger partial charge in [0.2, 0.25) is 11.8 Å². The predicted molar refractivity (Wildman–Crippen MR) is 167 cm³/mol. The Bertz CT molecular complexity index is 1650. The lowest BCUT2D eigenvalue weighted by Crippen LogP contribution is -2.53. The van der Waals surface area contributed by atoms with Crippen molar-refractivity contribution >= 4 is 39.1 Å². The molecule has 7 nitrogen and oxygen atoms in total. The molecule has 0 aliphatic heterocycles. The van der Waals surface area contributed by atoms with Gasteiger partial charge in [-0.25, -0.2) is 8.42 Å². The molecule has 0 aliphatic carbocycles. The second-order valence-electron chi connectivity index (χ2n) is 10.1. The van der Waals surface area contributed by atoms with Crippen molar-refractivity contribution in [1.82, 2.24) is 10.2 Å². The average molecular weight is 604 g/mol. The van der Waals surface area contributed by atoms with Crippen molar-refractivity contribution in [2.75, 3.05) is 17.9 Å². The third-order valence-electron chi connectivity index (χ3n) is 7.01. The van der Waals surface area contributed by atoms with E-state index >= 15 is 0 Å². The fraction of sp³-hybridized carbons (Fsp3) is 0.212. The predicted octanol–water partition coefficient (Wildman–Crippen LogP) is 5.54. The van der Waals surface area contributed by atoms with Gasteiger partial charge >= 0.3 is 0 Å². The van der Waals surface area contributed by atoms with Crippen LogP contribution in [-0.4, -0.2) is 44.8 Å². The number of hydrogen-bond acceptors (Lipinski definition) is 4. The molecule has 0 saturated carbocycles. The second-order valence-corrected chi connectivity index (χ2v) is 12.4. The molecule has 1 atom stereocenters. The number of aryl methyl sites for hydroxylation is 2. The van der Waals surface area contributed by atoms with E-state index in [1.165, 1.54) is 30.1 Å². The van der Waals surface area contributed by atoms with Gasteiger partial charge in [0.25, 0.3) is 10.0 Å². The SMILES string of the molecule is CNC(=O)[C@@H](Cc1ccccc1)N(Cc1cccc(C)c1)C(=O)CN(c1ccc(C)c(Cl)c1)S(=O)(=O)c1ccccc1. The number of benzene rings is 4. The molecule has 2 amide bonds. The zero-order chi connectivity index (χ0) is 30.3. The Balaban J connectivity index is 1.80. The van der Waals surface area contributed by atoms with E-state index in [0.717, 1.165) is 26.6 Å². The smallest absolute Gasteiger partial charge is 0.264 e. The third-order valence-corrected chi connectivity index (χ3v) is 9.20. The summed E-state index contributed by atoms with van der Waals surface area (Å²) < 4.78 is 29.0. The summed E-state index contributed by atoms with van der Waals surface area (Å²) in [4.78, 5) is 29.1. The minimum Gasteiger partial charge on any atom is -0.357 e. The van der Waals surface area contributed by atoms with Gasteiger partial charge in [0.15, 0.2) is 0 Å². The summed E-state index contributed by atoms with van der Waals surface area (Å²) in [5.41, 5.74) is 3.71. The van der Waals surface area contributed by atoms with Crippen molar-refractivity contribution in [1.29, 1.82) is 0 Å². The van der Waals surface area contributed by atoms with Gasteiger partial charge in [-0.2, -0.15) is 0 Å². The molecule has 0 fully saturated rings. The van der Waals surface area contributed by atoms with Crippen molar-refractivity contribution in [2.24, 2.45) is 0 Å². The molecule has 4 aromatic rings. The maximum absolute atomic E-state index is 14.3. The van der Waals surface area contributed by atoms with E-state index in [4.69, 9.17) is 11.6 Å². The minimum absolute atomic E-state index is 0.0341. The Labute approximate surface area is 252 Å². The van der Waals surface area contributed by atoms with Crippen molar-refractivity contribution in [3.63, 3.8) is 0 Å². The van der Waals surface area contributed by atoms with Gasteiger partial charge in [-0.15, -0.1) is 0 Å². The first kappa shape index (κ1) is 30.8. The number of amides is 2. The number of anilines is 1. The van der Waals surface area contributed by atoms with Crippen LogP contribution in [0.15, 0.2) is 108 Å². The van der Waals surface area contributed by atoms with Gasteiger partial charge < -0.3 is 10.2 Å². The first-order valence-corrected chi connectivity index (χ1v) is 15.4. The Hall–Kier alpha value is -4.14. The average Bonchev–Trinajstić information content (AvgIpc) is 2.99. The molecule has 0 heterocycles. The van der Waals surface area contributed by atoms with Gasteiger partial charge in [-0.05, 0) is 54.8 Å². The normalized spacial score (nSPS) is 11.9. The maximum atomic E-state index is 14.3. The molecular weight excluding hydrogens is 570 g/mol. The summed E-state index contributed by atoms with van der Waals surface area (Å²) in [5.74, 6) is -0.882. The van der Waals surface area contributed by atoms with E-state index in [-0.39, 0.29) is 29.5 Å². The highest BCUT2D eigenvalue weighted by Gasteiger charge is 2.34. The van der Waals surface area contributed by atoms with E-state index in [1.54, 1.807) is 30.3 Å². The molecule has 0 bridgehead atoms. The monoisotopic (exact) mass is 603 g/mol. The van der Waals surface area contributed by atoms with Crippen molar-refractivity contribution in [3.05, 3.63) is 130 Å². The standard InChI is InChI=1S/C33H34ClN3O4S/c1-24-11-10-14-27(19-24)22-36(31(33(39)35-3)20-26-12-6-4-7-13-26)32(38)23-37(28-18-17-25(2)30(34)21-28)42(40,41)29-15-8-5-9-16-29/h4-19,21,31H,20,22-23H2,1-3H3,(H,35,39)/t31-/m1/s1. The molecule has 42 heavy (non-hydrogen) atoms. The van der Waals surface area contributed by atoms with E-state index < -0.39 is 28.5 Å². The minimum atomic E-state index is -4.18. The number of likely N-dealkylation sites (N-methyl/N-ethyl adjacent to an activating group) is 1. The van der Waals surface area contributed by atoms with Gasteiger partial charge in [-0.1, -0.05) is 96.0 Å². The second kappa shape index (κ2) is 13.7. The highest BCUT2D eigenvalue weighted by Crippen LogP contribution is 2.29. The van der Waals surface area contributed by atoms with Crippen LogP contribution in [0.2, 0.25) is 5.02 Å². The summed E-state index contributed by atoms with van der Waals surface area (Å²) in [6.07, 6.45) is 0.250. The number of nitrogens with one attached hydrogen (secondary N) is 1. The van der Waals surface area contributed by atoms with Crippen LogP contribution in [0, 0.1) is 13.8 Å². The Morgan fingerprint density at radius 3 is 2.10 bits per heavy atom. The molecule has 0 aliphatic rings. The lowest BCUT2D eigenvalue weighted by molar-refractivity contribution is -0.139. The van der Waals surface area contributed by atoms with Crippen LogP contribution in [0.3, 0.4) is 0 Å². The third kappa shape index (κ3) is 7.38. The van der Waals surface area contributed by atoms with Crippen LogP contribution in [0.5, 0.6) is 0 Å².